The first-order valence-corrected chi connectivity index (χ1v) is 14.1. The van der Waals surface area contributed by atoms with Crippen LogP contribution in [0.25, 0.3) is 0 Å². The van der Waals surface area contributed by atoms with Gasteiger partial charge in [-0.2, -0.15) is 0 Å². The van der Waals surface area contributed by atoms with Crippen LogP contribution in [0.3, 0.4) is 0 Å². The SMILES string of the molecule is C=C1CO[C@@H](CC[C@@H]2C[C@@H](O)C3C(O2)C2C3O[C@H]3CC[C@H](CC(=O)CC4CCO[C@H]4C)O[C@@H]3C2O)C1. The fourth-order valence-electron chi connectivity index (χ4n) is 7.64. The van der Waals surface area contributed by atoms with Crippen LogP contribution in [-0.2, 0) is 28.5 Å². The summed E-state index contributed by atoms with van der Waals surface area (Å²) in [6.07, 6.45) is 4.37. The number of carbonyl (C=O) groups is 1. The molecule has 0 aromatic heterocycles. The first-order valence-electron chi connectivity index (χ1n) is 14.1. The summed E-state index contributed by atoms with van der Waals surface area (Å²) in [5, 5.41) is 22.3. The number of hydrogen-bond donors (Lipinski definition) is 2. The van der Waals surface area contributed by atoms with Gasteiger partial charge in [-0.05, 0) is 63.4 Å². The van der Waals surface area contributed by atoms with Crippen molar-refractivity contribution < 1.29 is 38.7 Å². The topological polar surface area (TPSA) is 104 Å². The molecule has 1 saturated carbocycles. The van der Waals surface area contributed by atoms with Crippen molar-refractivity contribution >= 4 is 5.78 Å². The monoisotopic (exact) mass is 506 g/mol. The molecule has 2 N–H and O–H groups in total. The van der Waals surface area contributed by atoms with E-state index in [1.165, 1.54) is 0 Å². The Kier molecular flexibility index (Phi) is 7.31. The van der Waals surface area contributed by atoms with Crippen molar-refractivity contribution in [1.82, 2.24) is 0 Å². The molecule has 5 heterocycles. The molecule has 6 fully saturated rings. The molecule has 202 valence electrons. The van der Waals surface area contributed by atoms with E-state index >= 15 is 0 Å². The second kappa shape index (κ2) is 10.4. The molecule has 8 nitrogen and oxygen atoms in total. The predicted octanol–water partition coefficient (Wildman–Crippen LogP) is 2.33. The van der Waals surface area contributed by atoms with Crippen molar-refractivity contribution in [3.05, 3.63) is 12.2 Å². The molecule has 6 unspecified atom stereocenters. The number of rotatable bonds is 7. The fourth-order valence-corrected chi connectivity index (χ4v) is 7.64. The van der Waals surface area contributed by atoms with E-state index in [0.29, 0.717) is 31.8 Å². The van der Waals surface area contributed by atoms with Crippen LogP contribution >= 0.6 is 0 Å². The molecule has 0 aromatic carbocycles. The molecule has 0 aromatic rings. The summed E-state index contributed by atoms with van der Waals surface area (Å²) in [7, 11) is 0. The van der Waals surface area contributed by atoms with Gasteiger partial charge in [0.05, 0.1) is 61.5 Å². The highest BCUT2D eigenvalue weighted by molar-refractivity contribution is 5.79. The quantitative estimate of drug-likeness (QED) is 0.507. The van der Waals surface area contributed by atoms with Crippen molar-refractivity contribution in [2.45, 2.75) is 126 Å². The largest absolute Gasteiger partial charge is 0.393 e. The molecule has 0 radical (unpaired) electrons. The van der Waals surface area contributed by atoms with E-state index in [1.54, 1.807) is 0 Å². The Morgan fingerprint density at radius 3 is 2.44 bits per heavy atom. The van der Waals surface area contributed by atoms with Gasteiger partial charge in [-0.15, -0.1) is 0 Å². The molecule has 8 heteroatoms. The number of ether oxygens (including phenoxy) is 5. The molecule has 0 amide bonds. The van der Waals surface area contributed by atoms with Gasteiger partial charge in [0, 0.05) is 31.3 Å². The minimum atomic E-state index is -0.719. The Hall–Kier alpha value is -0.870. The standard InChI is InChI=1S/C28H42O8/c1-14-9-18(33-13-14)3-4-20-12-21(30)23-27(35-20)24-25(31)26-22(36-28(23)24)6-5-19(34-26)11-17(29)10-16-7-8-32-15(16)2/h15-16,18-28,30-31H,1,3-13H2,2H3/t15-,16?,18-,19+,20+,21+,22-,23?,24?,25?,26-,27?,28?/m0/s1. The van der Waals surface area contributed by atoms with E-state index in [4.69, 9.17) is 23.7 Å². The Bertz CT molecular complexity index is 832. The maximum Gasteiger partial charge on any atom is 0.135 e. The third-order valence-electron chi connectivity index (χ3n) is 9.70. The van der Waals surface area contributed by atoms with Crippen molar-refractivity contribution in [2.24, 2.45) is 17.8 Å². The second-order valence-electron chi connectivity index (χ2n) is 12.1. The maximum absolute atomic E-state index is 12.7. The van der Waals surface area contributed by atoms with Gasteiger partial charge in [-0.1, -0.05) is 6.58 Å². The van der Waals surface area contributed by atoms with Crippen molar-refractivity contribution in [3.8, 4) is 0 Å². The molecule has 5 saturated heterocycles. The summed E-state index contributed by atoms with van der Waals surface area (Å²) in [6.45, 7) is 7.42. The van der Waals surface area contributed by atoms with Gasteiger partial charge < -0.3 is 33.9 Å². The molecule has 0 spiro atoms. The highest BCUT2D eigenvalue weighted by atomic mass is 16.6. The van der Waals surface area contributed by atoms with Gasteiger partial charge in [0.15, 0.2) is 0 Å². The molecule has 13 atom stereocenters. The lowest BCUT2D eigenvalue weighted by Gasteiger charge is -2.63. The van der Waals surface area contributed by atoms with E-state index in [2.05, 4.69) is 6.58 Å². The van der Waals surface area contributed by atoms with E-state index in [1.807, 2.05) is 6.92 Å². The zero-order valence-corrected chi connectivity index (χ0v) is 21.3. The predicted molar refractivity (Wildman–Crippen MR) is 129 cm³/mol. The summed E-state index contributed by atoms with van der Waals surface area (Å²) in [4.78, 5) is 12.7. The first kappa shape index (κ1) is 25.4. The summed E-state index contributed by atoms with van der Waals surface area (Å²) in [5.41, 5.74) is 1.14. The zero-order chi connectivity index (χ0) is 25.0. The van der Waals surface area contributed by atoms with Crippen LogP contribution in [-0.4, -0.2) is 90.2 Å². The highest BCUT2D eigenvalue weighted by Gasteiger charge is 2.65. The summed E-state index contributed by atoms with van der Waals surface area (Å²) in [5.74, 6) is 0.207. The Labute approximate surface area is 213 Å². The Balaban J connectivity index is 1.03. The molecule has 6 rings (SSSR count). The number of hydrogen-bond acceptors (Lipinski definition) is 8. The zero-order valence-electron chi connectivity index (χ0n) is 21.3. The van der Waals surface area contributed by atoms with Gasteiger partial charge in [-0.3, -0.25) is 4.79 Å². The van der Waals surface area contributed by atoms with E-state index < -0.39 is 18.3 Å². The van der Waals surface area contributed by atoms with Gasteiger partial charge in [0.1, 0.15) is 11.9 Å². The van der Waals surface area contributed by atoms with Crippen LogP contribution in [0.2, 0.25) is 0 Å². The lowest BCUT2D eigenvalue weighted by molar-refractivity contribution is -0.353. The number of aliphatic hydroxyl groups excluding tert-OH is 2. The Morgan fingerprint density at radius 1 is 0.917 bits per heavy atom. The van der Waals surface area contributed by atoms with Crippen LogP contribution in [0.1, 0.15) is 64.7 Å². The lowest BCUT2D eigenvalue weighted by atomic mass is 9.59. The molecule has 0 bridgehead atoms. The van der Waals surface area contributed by atoms with Gasteiger partial charge in [-0.25, -0.2) is 0 Å². The van der Waals surface area contributed by atoms with Crippen LogP contribution in [0.15, 0.2) is 12.2 Å². The van der Waals surface area contributed by atoms with Crippen LogP contribution in [0.5, 0.6) is 0 Å². The number of fused-ring (bicyclic) bond motifs is 5. The van der Waals surface area contributed by atoms with Crippen LogP contribution < -0.4 is 0 Å². The maximum atomic E-state index is 12.7. The summed E-state index contributed by atoms with van der Waals surface area (Å²) < 4.78 is 30.5. The average Bonchev–Trinajstić information content (AvgIpc) is 3.43. The van der Waals surface area contributed by atoms with Gasteiger partial charge >= 0.3 is 0 Å². The van der Waals surface area contributed by atoms with E-state index in [0.717, 1.165) is 50.7 Å². The first-order chi connectivity index (χ1) is 17.4. The molecule has 6 aliphatic rings. The molecular formula is C28H42O8. The van der Waals surface area contributed by atoms with Crippen molar-refractivity contribution in [1.29, 1.82) is 0 Å². The van der Waals surface area contributed by atoms with Crippen LogP contribution in [0, 0.1) is 17.8 Å². The normalized spacial score (nSPS) is 50.2. The third kappa shape index (κ3) is 4.83. The lowest BCUT2D eigenvalue weighted by Crippen LogP contribution is -2.75. The van der Waals surface area contributed by atoms with E-state index in [9.17, 15) is 15.0 Å². The number of aliphatic hydroxyl groups is 2. The third-order valence-corrected chi connectivity index (χ3v) is 9.70. The van der Waals surface area contributed by atoms with Gasteiger partial charge in [0.2, 0.25) is 0 Å². The van der Waals surface area contributed by atoms with Crippen molar-refractivity contribution in [3.63, 3.8) is 0 Å². The summed E-state index contributed by atoms with van der Waals surface area (Å²) >= 11 is 0. The van der Waals surface area contributed by atoms with Crippen molar-refractivity contribution in [2.75, 3.05) is 13.2 Å². The van der Waals surface area contributed by atoms with Crippen LogP contribution in [0.4, 0.5) is 0 Å². The fraction of sp³-hybridized carbons (Fsp3) is 0.893. The Morgan fingerprint density at radius 2 is 1.69 bits per heavy atom. The number of ketones is 1. The highest BCUT2D eigenvalue weighted by Crippen LogP contribution is 2.53. The average molecular weight is 507 g/mol. The number of carbonyl (C=O) groups excluding carboxylic acids is 1. The van der Waals surface area contributed by atoms with Gasteiger partial charge in [0.25, 0.3) is 0 Å². The molecule has 5 aliphatic heterocycles. The molecular weight excluding hydrogens is 464 g/mol. The second-order valence-corrected chi connectivity index (χ2v) is 12.1. The minimum Gasteiger partial charge on any atom is -0.393 e. The smallest absolute Gasteiger partial charge is 0.135 e. The minimum absolute atomic E-state index is 0.0517. The summed E-state index contributed by atoms with van der Waals surface area (Å²) in [6, 6.07) is 0. The molecule has 36 heavy (non-hydrogen) atoms. The molecule has 1 aliphatic carbocycles. The number of Topliss-reactive ketones (excluding diaryl/α,β-unsaturated/α-hetero) is 1. The van der Waals surface area contributed by atoms with E-state index in [-0.39, 0.29) is 60.3 Å².